The molecule has 0 saturated heterocycles. The van der Waals surface area contributed by atoms with Gasteiger partial charge in [0.15, 0.2) is 0 Å². The topological polar surface area (TPSA) is 80.8 Å². The molecule has 22 rings (SSSR count). The van der Waals surface area contributed by atoms with E-state index in [0.29, 0.717) is 5.56 Å². The lowest BCUT2D eigenvalue weighted by Gasteiger charge is -2.13. The molecule has 0 aliphatic heterocycles. The molecular formula is C91H50N4O2S2. The number of pyridine rings is 2. The van der Waals surface area contributed by atoms with E-state index in [0.717, 1.165) is 127 Å². The van der Waals surface area contributed by atoms with Crippen molar-refractivity contribution in [3.63, 3.8) is 0 Å². The van der Waals surface area contributed by atoms with Gasteiger partial charge in [0.2, 0.25) is 0 Å². The summed E-state index contributed by atoms with van der Waals surface area (Å²) in [5.74, 6) is 0. The van der Waals surface area contributed by atoms with E-state index in [-0.39, 0.29) is 0 Å². The van der Waals surface area contributed by atoms with Crippen LogP contribution in [0.5, 0.6) is 0 Å². The van der Waals surface area contributed by atoms with E-state index in [1.807, 2.05) is 47.7 Å². The largest absolute Gasteiger partial charge is 0.455 e. The molecule has 0 fully saturated rings. The number of nitrogens with zero attached hydrogens (tertiary/aromatic N) is 4. The zero-order valence-corrected chi connectivity index (χ0v) is 54.4. The van der Waals surface area contributed by atoms with Crippen LogP contribution in [-0.2, 0) is 0 Å². The summed E-state index contributed by atoms with van der Waals surface area (Å²) in [6, 6.07) is 110. The first-order valence-corrected chi connectivity index (χ1v) is 34.9. The molecule has 22 aromatic rings. The maximum Gasteiger partial charge on any atom is 0.147 e. The minimum absolute atomic E-state index is 0.643. The average molecular weight is 1300 g/mol. The Morgan fingerprint density at radius 1 is 0.313 bits per heavy atom. The molecule has 0 radical (unpaired) electrons. The molecule has 0 aliphatic carbocycles. The lowest BCUT2D eigenvalue weighted by molar-refractivity contribution is 0.672. The summed E-state index contributed by atoms with van der Waals surface area (Å²) in [5.41, 5.74) is 17.9. The summed E-state index contributed by atoms with van der Waals surface area (Å²) >= 11 is 3.60. The second-order valence-corrected chi connectivity index (χ2v) is 27.8. The lowest BCUT2D eigenvalue weighted by Crippen LogP contribution is -1.94. The van der Waals surface area contributed by atoms with Gasteiger partial charge in [-0.15, -0.1) is 22.7 Å². The molecule has 99 heavy (non-hydrogen) atoms. The third-order valence-corrected chi connectivity index (χ3v) is 22.6. The molecular weight excluding hydrogens is 1250 g/mol. The van der Waals surface area contributed by atoms with Crippen molar-refractivity contribution >= 4 is 183 Å². The predicted molar refractivity (Wildman–Crippen MR) is 417 cm³/mol. The summed E-state index contributed by atoms with van der Waals surface area (Å²) in [5, 5.41) is 30.9. The molecule has 6 nitrogen and oxygen atoms in total. The molecule has 0 spiro atoms. The first kappa shape index (κ1) is 55.5. The Bertz CT molecular complexity index is 7250. The number of benzene rings is 15. The van der Waals surface area contributed by atoms with Crippen LogP contribution in [0.25, 0.3) is 211 Å². The smallest absolute Gasteiger partial charge is 0.147 e. The van der Waals surface area contributed by atoms with E-state index in [9.17, 15) is 5.26 Å². The molecule has 0 unspecified atom stereocenters. The Morgan fingerprint density at radius 3 is 1.44 bits per heavy atom. The second kappa shape index (κ2) is 21.6. The van der Waals surface area contributed by atoms with Crippen LogP contribution in [0.4, 0.5) is 0 Å². The zero-order chi connectivity index (χ0) is 65.0. The molecule has 0 atom stereocenters. The Balaban J connectivity index is 0.000000130. The highest BCUT2D eigenvalue weighted by molar-refractivity contribution is 7.27. The molecule has 8 heteroatoms. The van der Waals surface area contributed by atoms with Crippen molar-refractivity contribution in [3.05, 3.63) is 309 Å². The van der Waals surface area contributed by atoms with Gasteiger partial charge in [0.1, 0.15) is 22.3 Å². The highest BCUT2D eigenvalue weighted by Gasteiger charge is 2.24. The van der Waals surface area contributed by atoms with Crippen molar-refractivity contribution in [1.29, 1.82) is 5.26 Å². The molecule has 0 N–H and O–H groups in total. The number of rotatable bonds is 5. The highest BCUT2D eigenvalue weighted by Crippen LogP contribution is 2.48. The van der Waals surface area contributed by atoms with Gasteiger partial charge in [-0.1, -0.05) is 212 Å². The lowest BCUT2D eigenvalue weighted by atomic mass is 9.91. The summed E-state index contributed by atoms with van der Waals surface area (Å²) in [4.78, 5) is 11.0. The van der Waals surface area contributed by atoms with Crippen LogP contribution < -0.4 is 0 Å². The van der Waals surface area contributed by atoms with Crippen molar-refractivity contribution in [1.82, 2.24) is 14.5 Å². The zero-order valence-electron chi connectivity index (χ0n) is 52.8. The van der Waals surface area contributed by atoms with Gasteiger partial charge in [-0.3, -0.25) is 0 Å². The minimum atomic E-state index is 0.643. The van der Waals surface area contributed by atoms with E-state index < -0.39 is 0 Å². The van der Waals surface area contributed by atoms with Crippen molar-refractivity contribution in [2.45, 2.75) is 0 Å². The van der Waals surface area contributed by atoms with Gasteiger partial charge in [0.05, 0.1) is 65.3 Å². The number of fused-ring (bicyclic) bond motifs is 25. The Morgan fingerprint density at radius 2 is 0.798 bits per heavy atom. The van der Waals surface area contributed by atoms with Gasteiger partial charge in [-0.05, 0) is 146 Å². The van der Waals surface area contributed by atoms with E-state index >= 15 is 0 Å². The Labute approximate surface area is 572 Å². The molecule has 0 bridgehead atoms. The van der Waals surface area contributed by atoms with E-state index in [2.05, 4.69) is 278 Å². The number of hydrogen-bond acceptors (Lipinski definition) is 7. The SMILES string of the molecule is N#Cc1ccc2c3ccc(-c4cccc(-c5nc6c(ccc7c8ccccc8sc76)c6oc7ccccc7c56)c4)cc3n(-c3ccccc3)c2c1.c1ccc2cc3c(cc(-c4ccc(-c5nc6c(ccc7c8ccccc8sc76)c6oc7ccccc7c56)cc4)c4ccccc43)cc2c1. The van der Waals surface area contributed by atoms with Crippen LogP contribution in [0.3, 0.4) is 0 Å². The fourth-order valence-electron chi connectivity index (χ4n) is 15.6. The van der Waals surface area contributed by atoms with E-state index in [1.165, 1.54) is 83.8 Å². The predicted octanol–water partition coefficient (Wildman–Crippen LogP) is 26.1. The summed E-state index contributed by atoms with van der Waals surface area (Å²) in [6.45, 7) is 0. The number of thiophene rings is 2. The van der Waals surface area contributed by atoms with Gasteiger partial charge in [0, 0.05) is 80.1 Å². The number of para-hydroxylation sites is 3. The first-order chi connectivity index (χ1) is 49.0. The van der Waals surface area contributed by atoms with E-state index in [4.69, 9.17) is 18.8 Å². The van der Waals surface area contributed by atoms with Crippen LogP contribution >= 0.6 is 22.7 Å². The van der Waals surface area contributed by atoms with Crippen LogP contribution in [0.15, 0.2) is 312 Å². The monoisotopic (exact) mass is 1290 g/mol. The molecule has 15 aromatic carbocycles. The Kier molecular flexibility index (Phi) is 12.1. The van der Waals surface area contributed by atoms with E-state index in [1.54, 1.807) is 11.3 Å². The first-order valence-electron chi connectivity index (χ1n) is 33.2. The number of aromatic nitrogens is 3. The fourth-order valence-corrected chi connectivity index (χ4v) is 18.0. The third kappa shape index (κ3) is 8.52. The summed E-state index contributed by atoms with van der Waals surface area (Å²) in [7, 11) is 0. The molecule has 7 heterocycles. The Hall–Kier alpha value is -12.8. The summed E-state index contributed by atoms with van der Waals surface area (Å²) < 4.78 is 20.4. The van der Waals surface area contributed by atoms with Crippen LogP contribution in [0.1, 0.15) is 5.56 Å². The van der Waals surface area contributed by atoms with Crippen molar-refractivity contribution < 1.29 is 8.83 Å². The average Bonchev–Trinajstić information content (AvgIpc) is 1.63. The van der Waals surface area contributed by atoms with Gasteiger partial charge >= 0.3 is 0 Å². The number of nitriles is 1. The normalized spacial score (nSPS) is 12.0. The van der Waals surface area contributed by atoms with Crippen LogP contribution in [0, 0.1) is 11.3 Å². The standard InChI is InChI=1S/C46H25N3OS.C45H25NOS/c47-26-27-17-19-32-33-20-18-29(25-39(33)49(38(32)23-27)31-11-2-1-3-12-31)28-9-8-10-30(24-28)43-42-36-14-4-6-15-40(36)50-45(42)37-22-21-35-34-13-5-7-16-41(34)51-46(35)44(37)48-43;1-2-10-29-24-38-30(23-28(29)9-1)25-37(31-11-3-4-12-32(31)38)26-17-19-27(20-18-26)42-41-35-14-5-7-15-39(35)47-44(41)36-22-21-34-33-13-6-8-16-40(33)48-45(34)43(36)46-42/h1-25H;1-25H. The second-order valence-electron chi connectivity index (χ2n) is 25.7. The number of furan rings is 2. The number of hydrogen-bond donors (Lipinski definition) is 0. The van der Waals surface area contributed by atoms with Gasteiger partial charge in [-0.2, -0.15) is 5.26 Å². The molecule has 0 amide bonds. The maximum absolute atomic E-state index is 9.73. The van der Waals surface area contributed by atoms with Gasteiger partial charge in [-0.25, -0.2) is 9.97 Å². The van der Waals surface area contributed by atoms with Crippen LogP contribution in [-0.4, -0.2) is 14.5 Å². The molecule has 0 saturated carbocycles. The van der Waals surface area contributed by atoms with Crippen molar-refractivity contribution in [2.24, 2.45) is 0 Å². The summed E-state index contributed by atoms with van der Waals surface area (Å²) in [6.07, 6.45) is 0. The van der Waals surface area contributed by atoms with Crippen molar-refractivity contribution in [3.8, 4) is 56.5 Å². The third-order valence-electron chi connectivity index (χ3n) is 20.2. The quantitative estimate of drug-likeness (QED) is 0.127. The minimum Gasteiger partial charge on any atom is -0.455 e. The maximum atomic E-state index is 9.73. The highest BCUT2D eigenvalue weighted by atomic mass is 32.1. The molecule has 458 valence electrons. The molecule has 0 aliphatic rings. The molecule has 7 aromatic heterocycles. The fraction of sp³-hybridized carbons (Fsp3) is 0. The van der Waals surface area contributed by atoms with Crippen molar-refractivity contribution in [2.75, 3.05) is 0 Å². The van der Waals surface area contributed by atoms with Gasteiger partial charge < -0.3 is 13.4 Å². The van der Waals surface area contributed by atoms with Crippen LogP contribution in [0.2, 0.25) is 0 Å². The van der Waals surface area contributed by atoms with Gasteiger partial charge in [0.25, 0.3) is 0 Å².